The van der Waals surface area contributed by atoms with E-state index in [9.17, 15) is 0 Å². The number of hydrogen-bond acceptors (Lipinski definition) is 4. The SMILES string of the molecule is CCOP(N)OC#N. The Morgan fingerprint density at radius 1 is 1.88 bits per heavy atom. The molecule has 0 rings (SSSR count). The summed E-state index contributed by atoms with van der Waals surface area (Å²) in [7, 11) is -1.44. The third-order valence-electron chi connectivity index (χ3n) is 0.387. The van der Waals surface area contributed by atoms with Crippen LogP contribution in [0.4, 0.5) is 0 Å². The summed E-state index contributed by atoms with van der Waals surface area (Å²) in [6, 6.07) is 0. The van der Waals surface area contributed by atoms with Crippen LogP contribution in [-0.2, 0) is 9.05 Å². The van der Waals surface area contributed by atoms with Crippen molar-refractivity contribution in [3.05, 3.63) is 0 Å². The van der Waals surface area contributed by atoms with Crippen molar-refractivity contribution in [3.8, 4) is 6.26 Å². The zero-order chi connectivity index (χ0) is 6.41. The minimum Gasteiger partial charge on any atom is -0.362 e. The van der Waals surface area contributed by atoms with E-state index in [1.54, 1.807) is 6.92 Å². The molecule has 0 bridgehead atoms. The summed E-state index contributed by atoms with van der Waals surface area (Å²) in [5, 5.41) is 7.85. The number of nitrogens with zero attached hydrogens (tertiary/aromatic N) is 1. The molecule has 5 heteroatoms. The van der Waals surface area contributed by atoms with E-state index in [1.165, 1.54) is 6.26 Å². The van der Waals surface area contributed by atoms with Crippen LogP contribution in [0.1, 0.15) is 6.92 Å². The highest BCUT2D eigenvalue weighted by atomic mass is 31.2. The van der Waals surface area contributed by atoms with Crippen molar-refractivity contribution < 1.29 is 9.05 Å². The normalized spacial score (nSPS) is 12.1. The Morgan fingerprint density at radius 3 is 2.88 bits per heavy atom. The first-order chi connectivity index (χ1) is 3.81. The molecule has 1 unspecified atom stereocenters. The molecule has 4 nitrogen and oxygen atoms in total. The summed E-state index contributed by atoms with van der Waals surface area (Å²) >= 11 is 0. The van der Waals surface area contributed by atoms with Crippen molar-refractivity contribution in [2.45, 2.75) is 6.92 Å². The van der Waals surface area contributed by atoms with Crippen molar-refractivity contribution in [2.24, 2.45) is 5.50 Å². The fraction of sp³-hybridized carbons (Fsp3) is 0.667. The number of rotatable bonds is 3. The van der Waals surface area contributed by atoms with Crippen LogP contribution in [0, 0.1) is 11.5 Å². The van der Waals surface area contributed by atoms with Crippen LogP contribution in [0.2, 0.25) is 0 Å². The van der Waals surface area contributed by atoms with Gasteiger partial charge in [0.2, 0.25) is 0 Å². The monoisotopic (exact) mass is 134 g/mol. The lowest BCUT2D eigenvalue weighted by molar-refractivity contribution is 0.324. The molecule has 0 amide bonds. The molecule has 0 aromatic carbocycles. The van der Waals surface area contributed by atoms with Gasteiger partial charge in [-0.2, -0.15) is 0 Å². The van der Waals surface area contributed by atoms with E-state index in [0.29, 0.717) is 6.61 Å². The Bertz CT molecular complexity index is 91.8. The highest BCUT2D eigenvalue weighted by Gasteiger charge is 1.99. The van der Waals surface area contributed by atoms with Gasteiger partial charge in [-0.1, -0.05) is 0 Å². The predicted octanol–water partition coefficient (Wildman–Crippen LogP) is 0.706. The Morgan fingerprint density at radius 2 is 2.50 bits per heavy atom. The molecule has 0 aliphatic carbocycles. The van der Waals surface area contributed by atoms with Crippen molar-refractivity contribution in [1.82, 2.24) is 0 Å². The minimum atomic E-state index is -1.44. The van der Waals surface area contributed by atoms with E-state index in [-0.39, 0.29) is 0 Å². The smallest absolute Gasteiger partial charge is 0.326 e. The van der Waals surface area contributed by atoms with Gasteiger partial charge in [0, 0.05) is 0 Å². The van der Waals surface area contributed by atoms with Crippen molar-refractivity contribution in [3.63, 3.8) is 0 Å². The van der Waals surface area contributed by atoms with Crippen LogP contribution in [0.25, 0.3) is 0 Å². The van der Waals surface area contributed by atoms with E-state index < -0.39 is 8.53 Å². The largest absolute Gasteiger partial charge is 0.362 e. The molecular formula is C3H7N2O2P. The summed E-state index contributed by atoms with van der Waals surface area (Å²) in [5.74, 6) is 0. The van der Waals surface area contributed by atoms with Crippen molar-refractivity contribution in [1.29, 1.82) is 5.26 Å². The Hall–Kier alpha value is -0.360. The van der Waals surface area contributed by atoms with Gasteiger partial charge in [0.15, 0.2) is 0 Å². The third-order valence-corrected chi connectivity index (χ3v) is 1.16. The van der Waals surface area contributed by atoms with Gasteiger partial charge in [-0.15, -0.1) is 5.26 Å². The standard InChI is InChI=1S/C3H7N2O2P/c1-2-6-8(5)7-3-4/h2,5H2,1H3. The van der Waals surface area contributed by atoms with Crippen LogP contribution in [0.5, 0.6) is 0 Å². The van der Waals surface area contributed by atoms with Gasteiger partial charge in [0.05, 0.1) is 6.61 Å². The fourth-order valence-corrected chi connectivity index (χ4v) is 0.581. The van der Waals surface area contributed by atoms with Crippen molar-refractivity contribution >= 4 is 8.53 Å². The second-order valence-electron chi connectivity index (χ2n) is 0.886. The second-order valence-corrected chi connectivity index (χ2v) is 1.90. The second kappa shape index (κ2) is 4.79. The summed E-state index contributed by atoms with van der Waals surface area (Å²) in [6.45, 7) is 2.26. The van der Waals surface area contributed by atoms with Crippen LogP contribution in [0.15, 0.2) is 0 Å². The maximum absolute atomic E-state index is 7.85. The minimum absolute atomic E-state index is 0.476. The number of nitrogens with two attached hydrogens (primary N) is 1. The molecule has 2 N–H and O–H groups in total. The molecule has 1 atom stereocenters. The Kier molecular flexibility index (Phi) is 4.58. The lowest BCUT2D eigenvalue weighted by atomic mass is 10.9. The molecule has 0 heterocycles. The zero-order valence-corrected chi connectivity index (χ0v) is 5.39. The average molecular weight is 134 g/mol. The predicted molar refractivity (Wildman–Crippen MR) is 29.4 cm³/mol. The van der Waals surface area contributed by atoms with Gasteiger partial charge in [-0.05, 0) is 6.92 Å². The van der Waals surface area contributed by atoms with E-state index in [1.807, 2.05) is 0 Å². The van der Waals surface area contributed by atoms with E-state index in [0.717, 1.165) is 0 Å². The van der Waals surface area contributed by atoms with Gasteiger partial charge in [0.25, 0.3) is 6.26 Å². The maximum atomic E-state index is 7.85. The van der Waals surface area contributed by atoms with Gasteiger partial charge >= 0.3 is 8.53 Å². The molecule has 0 saturated carbocycles. The Labute approximate surface area is 49.2 Å². The molecular weight excluding hydrogens is 127 g/mol. The quantitative estimate of drug-likeness (QED) is 0.455. The lowest BCUT2D eigenvalue weighted by Crippen LogP contribution is -1.93. The highest BCUT2D eigenvalue weighted by molar-refractivity contribution is 7.44. The maximum Gasteiger partial charge on any atom is 0.326 e. The molecule has 0 aromatic rings. The van der Waals surface area contributed by atoms with E-state index >= 15 is 0 Å². The molecule has 0 saturated heterocycles. The van der Waals surface area contributed by atoms with Crippen LogP contribution < -0.4 is 5.50 Å². The third kappa shape index (κ3) is 3.82. The molecule has 0 aliphatic rings. The molecule has 0 radical (unpaired) electrons. The van der Waals surface area contributed by atoms with Gasteiger partial charge in [0.1, 0.15) is 0 Å². The number of hydrogen-bond donors (Lipinski definition) is 1. The highest BCUT2D eigenvalue weighted by Crippen LogP contribution is 2.26. The molecule has 8 heavy (non-hydrogen) atoms. The first kappa shape index (κ1) is 7.64. The van der Waals surface area contributed by atoms with Crippen LogP contribution in [-0.4, -0.2) is 6.61 Å². The molecule has 0 aliphatic heterocycles. The fourth-order valence-electron chi connectivity index (χ4n) is 0.194. The van der Waals surface area contributed by atoms with Crippen LogP contribution >= 0.6 is 8.53 Å². The molecule has 0 spiro atoms. The average Bonchev–Trinajstić information content (AvgIpc) is 1.68. The summed E-state index contributed by atoms with van der Waals surface area (Å²) in [6.07, 6.45) is 1.43. The topological polar surface area (TPSA) is 68.3 Å². The van der Waals surface area contributed by atoms with Gasteiger partial charge in [-0.25, -0.2) is 0 Å². The number of nitriles is 1. The summed E-state index contributed by atoms with van der Waals surface area (Å²) in [5.41, 5.74) is 5.09. The first-order valence-corrected chi connectivity index (χ1v) is 3.29. The lowest BCUT2D eigenvalue weighted by Gasteiger charge is -2.02. The van der Waals surface area contributed by atoms with Gasteiger partial charge in [-0.3, -0.25) is 5.50 Å². The van der Waals surface area contributed by atoms with E-state index in [2.05, 4.69) is 9.05 Å². The molecule has 0 fully saturated rings. The summed E-state index contributed by atoms with van der Waals surface area (Å²) in [4.78, 5) is 0. The Balaban J connectivity index is 3.08. The van der Waals surface area contributed by atoms with Crippen LogP contribution in [0.3, 0.4) is 0 Å². The summed E-state index contributed by atoms with van der Waals surface area (Å²) < 4.78 is 8.89. The molecule has 0 aromatic heterocycles. The van der Waals surface area contributed by atoms with Crippen molar-refractivity contribution in [2.75, 3.05) is 6.61 Å². The first-order valence-electron chi connectivity index (χ1n) is 2.05. The zero-order valence-electron chi connectivity index (χ0n) is 4.50. The van der Waals surface area contributed by atoms with Gasteiger partial charge < -0.3 is 9.05 Å². The molecule has 46 valence electrons. The van der Waals surface area contributed by atoms with E-state index in [4.69, 9.17) is 10.8 Å².